The van der Waals surface area contributed by atoms with Gasteiger partial charge in [0.2, 0.25) is 5.91 Å². The minimum absolute atomic E-state index is 0.101. The number of carbonyl (C=O) groups is 2. The second kappa shape index (κ2) is 6.12. The van der Waals surface area contributed by atoms with Crippen molar-refractivity contribution in [3.8, 4) is 0 Å². The summed E-state index contributed by atoms with van der Waals surface area (Å²) in [6.45, 7) is 2.89. The SMILES string of the molecule is CC1CC(C(=O)O)CCN1CC(=O)Nc1nccs1. The highest BCUT2D eigenvalue weighted by molar-refractivity contribution is 7.13. The fourth-order valence-electron chi connectivity index (χ4n) is 2.31. The van der Waals surface area contributed by atoms with Gasteiger partial charge in [0.1, 0.15) is 0 Å². The average Bonchev–Trinajstić information content (AvgIpc) is 2.84. The summed E-state index contributed by atoms with van der Waals surface area (Å²) in [5, 5.41) is 14.1. The number of rotatable bonds is 4. The molecule has 2 atom stereocenters. The molecule has 2 unspecified atom stereocenters. The van der Waals surface area contributed by atoms with E-state index in [0.29, 0.717) is 24.5 Å². The molecule has 2 rings (SSSR count). The van der Waals surface area contributed by atoms with E-state index in [9.17, 15) is 9.59 Å². The van der Waals surface area contributed by atoms with Crippen molar-refractivity contribution >= 4 is 28.3 Å². The number of hydrogen-bond acceptors (Lipinski definition) is 5. The third-order valence-electron chi connectivity index (χ3n) is 3.39. The number of likely N-dealkylation sites (tertiary alicyclic amines) is 1. The standard InChI is InChI=1S/C12H17N3O3S/c1-8-6-9(11(17)18)2-4-15(8)7-10(16)14-12-13-3-5-19-12/h3,5,8-9H,2,4,6-7H2,1H3,(H,17,18)(H,13,14,16). The largest absolute Gasteiger partial charge is 0.481 e. The molecular formula is C12H17N3O3S. The number of amides is 1. The first-order valence-electron chi connectivity index (χ1n) is 6.22. The third-order valence-corrected chi connectivity index (χ3v) is 4.08. The number of aliphatic carboxylic acids is 1. The predicted molar refractivity (Wildman–Crippen MR) is 72.1 cm³/mol. The molecule has 0 spiro atoms. The Bertz CT molecular complexity index is 449. The van der Waals surface area contributed by atoms with Crippen LogP contribution in [0.2, 0.25) is 0 Å². The first-order valence-corrected chi connectivity index (χ1v) is 7.10. The van der Waals surface area contributed by atoms with Crippen LogP contribution in [-0.2, 0) is 9.59 Å². The third kappa shape index (κ3) is 3.74. The zero-order chi connectivity index (χ0) is 13.8. The number of nitrogens with zero attached hydrogens (tertiary/aromatic N) is 2. The summed E-state index contributed by atoms with van der Waals surface area (Å²) in [5.74, 6) is -1.12. The van der Waals surface area contributed by atoms with Crippen molar-refractivity contribution in [1.82, 2.24) is 9.88 Å². The smallest absolute Gasteiger partial charge is 0.306 e. The molecule has 7 heteroatoms. The van der Waals surface area contributed by atoms with Gasteiger partial charge in [0.05, 0.1) is 12.5 Å². The van der Waals surface area contributed by atoms with Gasteiger partial charge in [0, 0.05) is 17.6 Å². The zero-order valence-corrected chi connectivity index (χ0v) is 11.5. The van der Waals surface area contributed by atoms with E-state index in [2.05, 4.69) is 10.3 Å². The Hall–Kier alpha value is -1.47. The highest BCUT2D eigenvalue weighted by Crippen LogP contribution is 2.22. The van der Waals surface area contributed by atoms with Crippen molar-refractivity contribution in [2.45, 2.75) is 25.8 Å². The summed E-state index contributed by atoms with van der Waals surface area (Å²) in [6.07, 6.45) is 2.84. The Balaban J connectivity index is 1.83. The highest BCUT2D eigenvalue weighted by Gasteiger charge is 2.30. The van der Waals surface area contributed by atoms with Gasteiger partial charge >= 0.3 is 5.97 Å². The van der Waals surface area contributed by atoms with Crippen LogP contribution in [0.5, 0.6) is 0 Å². The van der Waals surface area contributed by atoms with E-state index in [1.165, 1.54) is 11.3 Å². The van der Waals surface area contributed by atoms with Gasteiger partial charge in [-0.2, -0.15) is 0 Å². The van der Waals surface area contributed by atoms with Gasteiger partial charge in [0.15, 0.2) is 5.13 Å². The topological polar surface area (TPSA) is 82.5 Å². The molecule has 0 aliphatic carbocycles. The lowest BCUT2D eigenvalue weighted by Crippen LogP contribution is -2.46. The number of carbonyl (C=O) groups excluding carboxylic acids is 1. The fraction of sp³-hybridized carbons (Fsp3) is 0.583. The zero-order valence-electron chi connectivity index (χ0n) is 10.7. The molecule has 104 valence electrons. The average molecular weight is 283 g/mol. The molecule has 6 nitrogen and oxygen atoms in total. The fourth-order valence-corrected chi connectivity index (χ4v) is 2.85. The lowest BCUT2D eigenvalue weighted by atomic mass is 9.92. The molecule has 2 N–H and O–H groups in total. The number of aromatic nitrogens is 1. The Morgan fingerprint density at radius 2 is 2.42 bits per heavy atom. The predicted octanol–water partition coefficient (Wildman–Crippen LogP) is 1.27. The van der Waals surface area contributed by atoms with Crippen molar-refractivity contribution in [1.29, 1.82) is 0 Å². The van der Waals surface area contributed by atoms with E-state index in [0.717, 1.165) is 0 Å². The Kier molecular flexibility index (Phi) is 4.49. The second-order valence-corrected chi connectivity index (χ2v) is 5.66. The summed E-state index contributed by atoms with van der Waals surface area (Å²) in [4.78, 5) is 28.8. The Labute approximate surface area is 115 Å². The Morgan fingerprint density at radius 1 is 1.63 bits per heavy atom. The molecule has 1 aromatic rings. The maximum Gasteiger partial charge on any atom is 0.306 e. The maximum absolute atomic E-state index is 11.8. The van der Waals surface area contributed by atoms with Crippen molar-refractivity contribution in [3.63, 3.8) is 0 Å². The molecule has 2 heterocycles. The van der Waals surface area contributed by atoms with Crippen LogP contribution in [0.25, 0.3) is 0 Å². The number of piperidine rings is 1. The van der Waals surface area contributed by atoms with E-state index in [4.69, 9.17) is 5.11 Å². The van der Waals surface area contributed by atoms with Gasteiger partial charge in [-0.3, -0.25) is 14.5 Å². The molecule has 1 amide bonds. The first-order chi connectivity index (χ1) is 9.06. The van der Waals surface area contributed by atoms with Crippen molar-refractivity contribution in [2.75, 3.05) is 18.4 Å². The van der Waals surface area contributed by atoms with Crippen molar-refractivity contribution in [2.24, 2.45) is 5.92 Å². The first kappa shape index (κ1) is 14.0. The highest BCUT2D eigenvalue weighted by atomic mass is 32.1. The van der Waals surface area contributed by atoms with Crippen LogP contribution in [0.4, 0.5) is 5.13 Å². The van der Waals surface area contributed by atoms with Gasteiger partial charge in [-0.25, -0.2) is 4.98 Å². The van der Waals surface area contributed by atoms with Gasteiger partial charge in [-0.05, 0) is 26.3 Å². The monoisotopic (exact) mass is 283 g/mol. The summed E-state index contributed by atoms with van der Waals surface area (Å²) in [5.41, 5.74) is 0. The quantitative estimate of drug-likeness (QED) is 0.869. The minimum atomic E-state index is -0.737. The van der Waals surface area contributed by atoms with Crippen LogP contribution in [0.1, 0.15) is 19.8 Å². The molecule has 0 saturated carbocycles. The molecule has 1 aromatic heterocycles. The van der Waals surface area contributed by atoms with Crippen LogP contribution in [0.3, 0.4) is 0 Å². The maximum atomic E-state index is 11.8. The number of hydrogen-bond donors (Lipinski definition) is 2. The van der Waals surface area contributed by atoms with Crippen LogP contribution < -0.4 is 5.32 Å². The van der Waals surface area contributed by atoms with E-state index in [-0.39, 0.29) is 24.4 Å². The van der Waals surface area contributed by atoms with Crippen LogP contribution in [0, 0.1) is 5.92 Å². The molecular weight excluding hydrogens is 266 g/mol. The van der Waals surface area contributed by atoms with Gasteiger partial charge < -0.3 is 10.4 Å². The molecule has 0 aromatic carbocycles. The second-order valence-electron chi connectivity index (χ2n) is 4.76. The van der Waals surface area contributed by atoms with Crippen LogP contribution >= 0.6 is 11.3 Å². The van der Waals surface area contributed by atoms with Crippen LogP contribution in [-0.4, -0.2) is 46.0 Å². The van der Waals surface area contributed by atoms with Gasteiger partial charge in [0.25, 0.3) is 0 Å². The Morgan fingerprint density at radius 3 is 3.00 bits per heavy atom. The van der Waals surface area contributed by atoms with E-state index < -0.39 is 5.97 Å². The van der Waals surface area contributed by atoms with Crippen LogP contribution in [0.15, 0.2) is 11.6 Å². The molecule has 1 aliphatic rings. The number of nitrogens with one attached hydrogen (secondary N) is 1. The van der Waals surface area contributed by atoms with E-state index >= 15 is 0 Å². The van der Waals surface area contributed by atoms with Gasteiger partial charge in [-0.1, -0.05) is 0 Å². The summed E-state index contributed by atoms with van der Waals surface area (Å²) < 4.78 is 0. The summed E-state index contributed by atoms with van der Waals surface area (Å²) in [6, 6.07) is 0.108. The van der Waals surface area contributed by atoms with Gasteiger partial charge in [-0.15, -0.1) is 11.3 Å². The number of thiazole rings is 1. The lowest BCUT2D eigenvalue weighted by molar-refractivity contribution is -0.144. The lowest BCUT2D eigenvalue weighted by Gasteiger charge is -2.35. The molecule has 1 saturated heterocycles. The molecule has 1 fully saturated rings. The molecule has 1 aliphatic heterocycles. The van der Waals surface area contributed by atoms with E-state index in [1.807, 2.05) is 11.8 Å². The number of carboxylic acids is 1. The normalized spacial score (nSPS) is 24.1. The molecule has 19 heavy (non-hydrogen) atoms. The number of anilines is 1. The van der Waals surface area contributed by atoms with E-state index in [1.54, 1.807) is 11.6 Å². The summed E-state index contributed by atoms with van der Waals surface area (Å²) in [7, 11) is 0. The molecule has 0 radical (unpaired) electrons. The summed E-state index contributed by atoms with van der Waals surface area (Å²) >= 11 is 1.38. The van der Waals surface area contributed by atoms with Crippen molar-refractivity contribution < 1.29 is 14.7 Å². The van der Waals surface area contributed by atoms with Crippen molar-refractivity contribution in [3.05, 3.63) is 11.6 Å². The molecule has 0 bridgehead atoms. The number of carboxylic acid groups (broad SMARTS) is 1. The minimum Gasteiger partial charge on any atom is -0.481 e.